The molecule has 1 fully saturated rings. The van der Waals surface area contributed by atoms with Crippen molar-refractivity contribution in [3.05, 3.63) is 22.1 Å². The topological polar surface area (TPSA) is 47.0 Å². The van der Waals surface area contributed by atoms with E-state index in [0.717, 1.165) is 35.3 Å². The highest BCUT2D eigenvalue weighted by Gasteiger charge is 2.19. The summed E-state index contributed by atoms with van der Waals surface area (Å²) < 4.78 is 5.67. The van der Waals surface area contributed by atoms with Gasteiger partial charge in [-0.3, -0.25) is 4.98 Å². The van der Waals surface area contributed by atoms with E-state index in [1.165, 1.54) is 0 Å². The van der Waals surface area contributed by atoms with Gasteiger partial charge in [-0.2, -0.15) is 0 Å². The number of aromatic nitrogens is 2. The summed E-state index contributed by atoms with van der Waals surface area (Å²) in [7, 11) is 0. The van der Waals surface area contributed by atoms with Crippen molar-refractivity contribution in [3.63, 3.8) is 0 Å². The van der Waals surface area contributed by atoms with Gasteiger partial charge in [0.1, 0.15) is 11.1 Å². The molecule has 2 aromatic heterocycles. The fourth-order valence-corrected chi connectivity index (χ4v) is 3.14. The van der Waals surface area contributed by atoms with Gasteiger partial charge in [0, 0.05) is 24.7 Å². The van der Waals surface area contributed by atoms with E-state index in [-0.39, 0.29) is 6.10 Å². The van der Waals surface area contributed by atoms with Crippen LogP contribution in [0.5, 0.6) is 0 Å². The Morgan fingerprint density at radius 1 is 1.44 bits per heavy atom. The largest absolute Gasteiger partial charge is 0.368 e. The van der Waals surface area contributed by atoms with Gasteiger partial charge in [0.05, 0.1) is 22.7 Å². The molecule has 0 radical (unpaired) electrons. The van der Waals surface area contributed by atoms with Crippen LogP contribution in [0.4, 0.5) is 0 Å². The van der Waals surface area contributed by atoms with Crippen molar-refractivity contribution in [1.82, 2.24) is 15.3 Å². The summed E-state index contributed by atoms with van der Waals surface area (Å²) in [5.74, 6) is 0. The first kappa shape index (κ1) is 10.3. The van der Waals surface area contributed by atoms with Gasteiger partial charge in [0.25, 0.3) is 0 Å². The normalized spacial score (nSPS) is 21.1. The van der Waals surface area contributed by atoms with Crippen LogP contribution < -0.4 is 5.32 Å². The van der Waals surface area contributed by atoms with Crippen molar-refractivity contribution >= 4 is 22.7 Å². The average molecular weight is 253 g/mol. The Morgan fingerprint density at radius 3 is 3.19 bits per heavy atom. The number of rotatable bonds is 2. The Hall–Kier alpha value is -0.820. The molecule has 1 aliphatic heterocycles. The van der Waals surface area contributed by atoms with E-state index >= 15 is 0 Å². The molecule has 2 aromatic rings. The van der Waals surface area contributed by atoms with Crippen LogP contribution in [-0.4, -0.2) is 29.7 Å². The molecule has 6 heteroatoms. The number of nitrogens with zero attached hydrogens (tertiary/aromatic N) is 2. The Bertz CT molecular complexity index is 448. The highest BCUT2D eigenvalue weighted by Crippen LogP contribution is 2.29. The molecule has 84 valence electrons. The van der Waals surface area contributed by atoms with E-state index in [9.17, 15) is 0 Å². The fraction of sp³-hybridized carbons (Fsp3) is 0.400. The summed E-state index contributed by atoms with van der Waals surface area (Å²) in [6.07, 6.45) is 1.96. The Morgan fingerprint density at radius 2 is 2.44 bits per heavy atom. The molecular weight excluding hydrogens is 242 g/mol. The lowest BCUT2D eigenvalue weighted by molar-refractivity contribution is 0.0276. The number of hydrogen-bond acceptors (Lipinski definition) is 6. The second kappa shape index (κ2) is 4.58. The number of nitrogens with one attached hydrogen (secondary N) is 1. The van der Waals surface area contributed by atoms with Gasteiger partial charge in [0.2, 0.25) is 0 Å². The first-order chi connectivity index (χ1) is 7.93. The average Bonchev–Trinajstić information content (AvgIpc) is 3.01. The lowest BCUT2D eigenvalue weighted by Crippen LogP contribution is -2.33. The Balaban J connectivity index is 1.82. The first-order valence-electron chi connectivity index (χ1n) is 5.10. The SMILES string of the molecule is c1ncc(-c2csc(C3CNCCO3)n2)s1. The van der Waals surface area contributed by atoms with Crippen LogP contribution in [0, 0.1) is 0 Å². The van der Waals surface area contributed by atoms with Crippen molar-refractivity contribution in [2.24, 2.45) is 0 Å². The van der Waals surface area contributed by atoms with E-state index in [0.29, 0.717) is 0 Å². The van der Waals surface area contributed by atoms with Crippen LogP contribution >= 0.6 is 22.7 Å². The van der Waals surface area contributed by atoms with Gasteiger partial charge in [-0.1, -0.05) is 0 Å². The molecule has 1 atom stereocenters. The Kier molecular flexibility index (Phi) is 2.96. The predicted molar refractivity (Wildman–Crippen MR) is 64.8 cm³/mol. The third-order valence-electron chi connectivity index (χ3n) is 2.41. The molecule has 0 aromatic carbocycles. The van der Waals surface area contributed by atoms with Gasteiger partial charge in [-0.25, -0.2) is 4.98 Å². The minimum Gasteiger partial charge on any atom is -0.368 e. The van der Waals surface area contributed by atoms with Gasteiger partial charge in [-0.15, -0.1) is 22.7 Å². The molecule has 3 heterocycles. The number of morpholine rings is 1. The molecule has 0 amide bonds. The molecular formula is C10H11N3OS2. The molecule has 1 unspecified atom stereocenters. The van der Waals surface area contributed by atoms with Crippen molar-refractivity contribution in [2.45, 2.75) is 6.10 Å². The molecule has 16 heavy (non-hydrogen) atoms. The summed E-state index contributed by atoms with van der Waals surface area (Å²) in [5, 5.41) is 6.43. The molecule has 0 bridgehead atoms. The zero-order valence-corrected chi connectivity index (χ0v) is 10.2. The van der Waals surface area contributed by atoms with Crippen molar-refractivity contribution in [1.29, 1.82) is 0 Å². The molecule has 1 aliphatic rings. The van der Waals surface area contributed by atoms with E-state index in [1.807, 2.05) is 11.7 Å². The molecule has 1 saturated heterocycles. The lowest BCUT2D eigenvalue weighted by atomic mass is 10.3. The van der Waals surface area contributed by atoms with Gasteiger partial charge >= 0.3 is 0 Å². The third-order valence-corrected chi connectivity index (χ3v) is 4.14. The maximum absolute atomic E-state index is 5.67. The quantitative estimate of drug-likeness (QED) is 0.888. The lowest BCUT2D eigenvalue weighted by Gasteiger charge is -2.21. The smallest absolute Gasteiger partial charge is 0.124 e. The summed E-state index contributed by atoms with van der Waals surface area (Å²) in [4.78, 5) is 9.78. The van der Waals surface area contributed by atoms with Crippen LogP contribution in [0.15, 0.2) is 17.1 Å². The summed E-state index contributed by atoms with van der Waals surface area (Å²) >= 11 is 3.27. The zero-order chi connectivity index (χ0) is 10.8. The first-order valence-corrected chi connectivity index (χ1v) is 6.86. The Labute approximate surface area is 101 Å². The predicted octanol–water partition coefficient (Wildman–Crippen LogP) is 1.93. The minimum atomic E-state index is 0.112. The summed E-state index contributed by atoms with van der Waals surface area (Å²) in [6, 6.07) is 0. The van der Waals surface area contributed by atoms with Crippen molar-refractivity contribution in [2.75, 3.05) is 19.7 Å². The molecule has 0 aliphatic carbocycles. The minimum absolute atomic E-state index is 0.112. The molecule has 0 saturated carbocycles. The highest BCUT2D eigenvalue weighted by atomic mass is 32.1. The third kappa shape index (κ3) is 2.01. The van der Waals surface area contributed by atoms with Crippen LogP contribution in [-0.2, 0) is 4.74 Å². The van der Waals surface area contributed by atoms with Gasteiger partial charge in [0.15, 0.2) is 0 Å². The molecule has 0 spiro atoms. The van der Waals surface area contributed by atoms with Gasteiger partial charge < -0.3 is 10.1 Å². The van der Waals surface area contributed by atoms with Crippen molar-refractivity contribution < 1.29 is 4.74 Å². The van der Waals surface area contributed by atoms with E-state index in [2.05, 4.69) is 20.7 Å². The zero-order valence-electron chi connectivity index (χ0n) is 8.55. The maximum atomic E-state index is 5.67. The highest BCUT2D eigenvalue weighted by molar-refractivity contribution is 7.14. The molecule has 1 N–H and O–H groups in total. The van der Waals surface area contributed by atoms with Crippen LogP contribution in [0.1, 0.15) is 11.1 Å². The van der Waals surface area contributed by atoms with E-state index in [4.69, 9.17) is 4.74 Å². The van der Waals surface area contributed by atoms with E-state index in [1.54, 1.807) is 22.7 Å². The van der Waals surface area contributed by atoms with Crippen molar-refractivity contribution in [3.8, 4) is 10.6 Å². The summed E-state index contributed by atoms with van der Waals surface area (Å²) in [6.45, 7) is 2.55. The summed E-state index contributed by atoms with van der Waals surface area (Å²) in [5.41, 5.74) is 2.84. The second-order valence-electron chi connectivity index (χ2n) is 3.50. The molecule has 3 rings (SSSR count). The standard InChI is InChI=1S/C10H11N3OS2/c1-2-14-8(3-11-1)10-13-7(5-15-10)9-4-12-6-16-9/h4-6,8,11H,1-3H2. The van der Waals surface area contributed by atoms with Crippen LogP contribution in [0.25, 0.3) is 10.6 Å². The monoisotopic (exact) mass is 253 g/mol. The maximum Gasteiger partial charge on any atom is 0.124 e. The number of ether oxygens (including phenoxy) is 1. The second-order valence-corrected chi connectivity index (χ2v) is 5.28. The van der Waals surface area contributed by atoms with Crippen LogP contribution in [0.2, 0.25) is 0 Å². The fourth-order valence-electron chi connectivity index (χ4n) is 1.61. The van der Waals surface area contributed by atoms with Gasteiger partial charge in [-0.05, 0) is 0 Å². The number of thiazole rings is 2. The van der Waals surface area contributed by atoms with E-state index < -0.39 is 0 Å². The molecule has 4 nitrogen and oxygen atoms in total. The van der Waals surface area contributed by atoms with Crippen LogP contribution in [0.3, 0.4) is 0 Å². The number of hydrogen-bond donors (Lipinski definition) is 1.